The predicted molar refractivity (Wildman–Crippen MR) is 66.1 cm³/mol. The molecule has 2 rings (SSSR count). The van der Waals surface area contributed by atoms with Crippen LogP contribution in [0.4, 0.5) is 4.39 Å². The van der Waals surface area contributed by atoms with Crippen LogP contribution in [0.3, 0.4) is 0 Å². The molecule has 5 heteroatoms. The molecule has 1 saturated heterocycles. The summed E-state index contributed by atoms with van der Waals surface area (Å²) in [6.45, 7) is 1.16. The van der Waals surface area contributed by atoms with E-state index in [1.165, 1.54) is 18.2 Å². The lowest BCUT2D eigenvalue weighted by Gasteiger charge is -2.20. The molecule has 4 nitrogen and oxygen atoms in total. The predicted octanol–water partition coefficient (Wildman–Crippen LogP) is 1.31. The van der Waals surface area contributed by atoms with Gasteiger partial charge in [-0.2, -0.15) is 0 Å². The first-order chi connectivity index (χ1) is 8.50. The maximum absolute atomic E-state index is 13.6. The Balaban J connectivity index is 2.18. The minimum Gasteiger partial charge on any atom is -0.507 e. The van der Waals surface area contributed by atoms with Gasteiger partial charge in [0.25, 0.3) is 5.91 Å². The normalized spacial score (nSPS) is 19.6. The Morgan fingerprint density at radius 2 is 2.22 bits per heavy atom. The standard InChI is InChI=1S/C13H17FN2O2/c1-15(2)9-6-7-16(8-9)13(18)12-10(14)4-3-5-11(12)17/h3-5,9,17H,6-8H2,1-2H3. The van der Waals surface area contributed by atoms with E-state index in [0.717, 1.165) is 6.42 Å². The van der Waals surface area contributed by atoms with Gasteiger partial charge in [0.1, 0.15) is 17.1 Å². The molecule has 18 heavy (non-hydrogen) atoms. The van der Waals surface area contributed by atoms with E-state index in [2.05, 4.69) is 4.90 Å². The summed E-state index contributed by atoms with van der Waals surface area (Å²) < 4.78 is 13.6. The fourth-order valence-corrected chi connectivity index (χ4v) is 2.23. The quantitative estimate of drug-likeness (QED) is 0.863. The Hall–Kier alpha value is -1.62. The summed E-state index contributed by atoms with van der Waals surface area (Å²) in [5.41, 5.74) is -0.225. The number of likely N-dealkylation sites (N-methyl/N-ethyl adjacent to an activating group) is 1. The lowest BCUT2D eigenvalue weighted by atomic mass is 10.1. The number of carbonyl (C=O) groups is 1. The van der Waals surface area contributed by atoms with E-state index in [-0.39, 0.29) is 11.3 Å². The molecule has 1 N–H and O–H groups in total. The van der Waals surface area contributed by atoms with Crippen LogP contribution in [0.1, 0.15) is 16.8 Å². The number of carbonyl (C=O) groups excluding carboxylic acids is 1. The molecule has 1 aliphatic rings. The van der Waals surface area contributed by atoms with E-state index >= 15 is 0 Å². The monoisotopic (exact) mass is 252 g/mol. The van der Waals surface area contributed by atoms with Crippen LogP contribution in [-0.4, -0.2) is 54.0 Å². The molecule has 0 aliphatic carbocycles. The number of likely N-dealkylation sites (tertiary alicyclic amines) is 1. The Morgan fingerprint density at radius 1 is 1.50 bits per heavy atom. The Bertz CT molecular complexity index is 442. The highest BCUT2D eigenvalue weighted by Crippen LogP contribution is 2.24. The highest BCUT2D eigenvalue weighted by atomic mass is 19.1. The van der Waals surface area contributed by atoms with E-state index in [1.54, 1.807) is 4.90 Å². The first kappa shape index (κ1) is 12.8. The van der Waals surface area contributed by atoms with Crippen LogP contribution in [0, 0.1) is 5.82 Å². The first-order valence-electron chi connectivity index (χ1n) is 5.94. The van der Waals surface area contributed by atoms with Crippen LogP contribution < -0.4 is 0 Å². The van der Waals surface area contributed by atoms with Crippen LogP contribution in [-0.2, 0) is 0 Å². The lowest BCUT2D eigenvalue weighted by Crippen LogP contribution is -2.34. The van der Waals surface area contributed by atoms with Gasteiger partial charge >= 0.3 is 0 Å². The van der Waals surface area contributed by atoms with E-state index < -0.39 is 11.7 Å². The molecule has 0 bridgehead atoms. The maximum atomic E-state index is 13.6. The van der Waals surface area contributed by atoms with Gasteiger partial charge in [-0.25, -0.2) is 4.39 Å². The van der Waals surface area contributed by atoms with Crippen molar-refractivity contribution in [3.8, 4) is 5.75 Å². The highest BCUT2D eigenvalue weighted by molar-refractivity contribution is 5.97. The fraction of sp³-hybridized carbons (Fsp3) is 0.462. The third kappa shape index (κ3) is 2.31. The molecule has 1 aromatic rings. The van der Waals surface area contributed by atoms with Gasteiger partial charge in [0.2, 0.25) is 0 Å². The number of rotatable bonds is 2. The van der Waals surface area contributed by atoms with Crippen LogP contribution >= 0.6 is 0 Å². The van der Waals surface area contributed by atoms with Crippen molar-refractivity contribution >= 4 is 5.91 Å². The van der Waals surface area contributed by atoms with Gasteiger partial charge in [-0.3, -0.25) is 4.79 Å². The summed E-state index contributed by atoms with van der Waals surface area (Å²) in [5.74, 6) is -1.41. The summed E-state index contributed by atoms with van der Waals surface area (Å²) in [7, 11) is 3.92. The molecule has 0 aromatic heterocycles. The molecule has 1 unspecified atom stereocenters. The van der Waals surface area contributed by atoms with E-state index in [4.69, 9.17) is 0 Å². The smallest absolute Gasteiger partial charge is 0.260 e. The van der Waals surface area contributed by atoms with Gasteiger partial charge in [0.15, 0.2) is 0 Å². The zero-order valence-corrected chi connectivity index (χ0v) is 10.6. The molecule has 98 valence electrons. The fourth-order valence-electron chi connectivity index (χ4n) is 2.23. The summed E-state index contributed by atoms with van der Waals surface area (Å²) in [5, 5.41) is 9.60. The number of hydrogen-bond donors (Lipinski definition) is 1. The SMILES string of the molecule is CN(C)C1CCN(C(=O)c2c(O)cccc2F)C1. The second-order valence-electron chi connectivity index (χ2n) is 4.79. The van der Waals surface area contributed by atoms with Gasteiger partial charge in [-0.05, 0) is 32.6 Å². The average molecular weight is 252 g/mol. The molecule has 1 heterocycles. The number of aromatic hydroxyl groups is 1. The van der Waals surface area contributed by atoms with Crippen molar-refractivity contribution in [3.05, 3.63) is 29.6 Å². The van der Waals surface area contributed by atoms with Crippen LogP contribution in [0.25, 0.3) is 0 Å². The third-order valence-corrected chi connectivity index (χ3v) is 3.39. The number of nitrogens with zero attached hydrogens (tertiary/aromatic N) is 2. The van der Waals surface area contributed by atoms with Gasteiger partial charge in [0.05, 0.1) is 0 Å². The number of phenolic OH excluding ortho intramolecular Hbond substituents is 1. The molecule has 0 saturated carbocycles. The number of hydrogen-bond acceptors (Lipinski definition) is 3. The van der Waals surface area contributed by atoms with Gasteiger partial charge < -0.3 is 14.9 Å². The Labute approximate surface area is 106 Å². The molecule has 1 amide bonds. The summed E-state index contributed by atoms with van der Waals surface area (Å²) in [6, 6.07) is 4.19. The van der Waals surface area contributed by atoms with Gasteiger partial charge in [0, 0.05) is 19.1 Å². The van der Waals surface area contributed by atoms with E-state index in [1.807, 2.05) is 14.1 Å². The molecule has 0 spiro atoms. The van der Waals surface area contributed by atoms with Gasteiger partial charge in [-0.1, -0.05) is 6.07 Å². The topological polar surface area (TPSA) is 43.8 Å². The van der Waals surface area contributed by atoms with Crippen LogP contribution in [0.2, 0.25) is 0 Å². The number of phenols is 1. The summed E-state index contributed by atoms with van der Waals surface area (Å²) in [4.78, 5) is 15.8. The summed E-state index contributed by atoms with van der Waals surface area (Å²) in [6.07, 6.45) is 0.869. The van der Waals surface area contributed by atoms with E-state index in [9.17, 15) is 14.3 Å². The van der Waals surface area contributed by atoms with Crippen molar-refractivity contribution in [3.63, 3.8) is 0 Å². The maximum Gasteiger partial charge on any atom is 0.260 e. The molecular formula is C13H17FN2O2. The van der Waals surface area contributed by atoms with Gasteiger partial charge in [-0.15, -0.1) is 0 Å². The number of halogens is 1. The molecule has 0 radical (unpaired) electrons. The number of amides is 1. The van der Waals surface area contributed by atoms with Crippen molar-refractivity contribution in [2.45, 2.75) is 12.5 Å². The second kappa shape index (κ2) is 4.94. The molecular weight excluding hydrogens is 235 g/mol. The minimum absolute atomic E-state index is 0.225. The zero-order chi connectivity index (χ0) is 13.3. The van der Waals surface area contributed by atoms with E-state index in [0.29, 0.717) is 19.1 Å². The molecule has 1 fully saturated rings. The van der Waals surface area contributed by atoms with Crippen molar-refractivity contribution in [2.75, 3.05) is 27.2 Å². The zero-order valence-electron chi connectivity index (χ0n) is 10.6. The Morgan fingerprint density at radius 3 is 2.78 bits per heavy atom. The third-order valence-electron chi connectivity index (χ3n) is 3.39. The van der Waals surface area contributed by atoms with Crippen molar-refractivity contribution in [1.82, 2.24) is 9.80 Å². The molecule has 1 aliphatic heterocycles. The van der Waals surface area contributed by atoms with Crippen molar-refractivity contribution < 1.29 is 14.3 Å². The highest BCUT2D eigenvalue weighted by Gasteiger charge is 2.30. The van der Waals surface area contributed by atoms with Crippen molar-refractivity contribution in [2.24, 2.45) is 0 Å². The lowest BCUT2D eigenvalue weighted by molar-refractivity contribution is 0.0775. The van der Waals surface area contributed by atoms with Crippen molar-refractivity contribution in [1.29, 1.82) is 0 Å². The van der Waals surface area contributed by atoms with Crippen LogP contribution in [0.5, 0.6) is 5.75 Å². The Kier molecular flexibility index (Phi) is 3.52. The molecule has 1 atom stereocenters. The second-order valence-corrected chi connectivity index (χ2v) is 4.79. The number of benzene rings is 1. The average Bonchev–Trinajstić information content (AvgIpc) is 2.77. The largest absolute Gasteiger partial charge is 0.507 e. The summed E-state index contributed by atoms with van der Waals surface area (Å²) >= 11 is 0. The molecule has 1 aromatic carbocycles. The van der Waals surface area contributed by atoms with Crippen LogP contribution in [0.15, 0.2) is 18.2 Å². The minimum atomic E-state index is -0.673. The first-order valence-corrected chi connectivity index (χ1v) is 5.94.